The third-order valence-corrected chi connectivity index (χ3v) is 2.34. The smallest absolute Gasteiger partial charge is 0.256 e. The van der Waals surface area contributed by atoms with Gasteiger partial charge in [0.1, 0.15) is 12.2 Å². The molecule has 0 aliphatic heterocycles. The summed E-state index contributed by atoms with van der Waals surface area (Å²) in [7, 11) is 0. The number of carbonyl (C=O) groups is 1. The van der Waals surface area contributed by atoms with E-state index in [-0.39, 0.29) is 24.3 Å². The third kappa shape index (κ3) is 2.95. The Morgan fingerprint density at radius 1 is 1.75 bits per heavy atom. The fourth-order valence-corrected chi connectivity index (χ4v) is 1.22. The first-order valence-corrected chi connectivity index (χ1v) is 5.28. The van der Waals surface area contributed by atoms with Crippen LogP contribution in [0.4, 0.5) is 10.2 Å². The summed E-state index contributed by atoms with van der Waals surface area (Å²) in [6.07, 6.45) is 2.30. The molecule has 0 saturated heterocycles. The Labute approximate surface area is 93.8 Å². The minimum Gasteiger partial charge on any atom is -0.382 e. The Kier molecular flexibility index (Phi) is 4.28. The van der Waals surface area contributed by atoms with Gasteiger partial charge in [-0.1, -0.05) is 6.92 Å². The average Bonchev–Trinajstić information content (AvgIpc) is 2.60. The lowest BCUT2D eigenvalue weighted by atomic mass is 10.2. The number of aromatic nitrogens is 2. The van der Waals surface area contributed by atoms with Crippen molar-refractivity contribution >= 4 is 11.7 Å². The Morgan fingerprint density at radius 2 is 2.44 bits per heavy atom. The van der Waals surface area contributed by atoms with E-state index in [9.17, 15) is 9.18 Å². The monoisotopic (exact) mass is 228 g/mol. The van der Waals surface area contributed by atoms with Crippen molar-refractivity contribution in [1.82, 2.24) is 15.1 Å². The molecule has 0 fully saturated rings. The number of rotatable bonds is 5. The van der Waals surface area contributed by atoms with Crippen molar-refractivity contribution in [3.8, 4) is 0 Å². The topological polar surface area (TPSA) is 72.9 Å². The molecule has 0 aromatic carbocycles. The fourth-order valence-electron chi connectivity index (χ4n) is 1.22. The van der Waals surface area contributed by atoms with Crippen molar-refractivity contribution in [1.29, 1.82) is 0 Å². The summed E-state index contributed by atoms with van der Waals surface area (Å²) < 4.78 is 13.4. The number of nitrogens with zero attached hydrogens (tertiary/aromatic N) is 2. The number of halogens is 1. The minimum atomic E-state index is -0.534. The van der Waals surface area contributed by atoms with E-state index in [0.29, 0.717) is 5.56 Å². The number of carbonyl (C=O) groups excluding carboxylic acids is 1. The summed E-state index contributed by atoms with van der Waals surface area (Å²) in [6, 6.07) is 0.0800. The van der Waals surface area contributed by atoms with E-state index < -0.39 is 6.67 Å². The molecule has 3 N–H and O–H groups in total. The zero-order valence-electron chi connectivity index (χ0n) is 9.53. The van der Waals surface area contributed by atoms with Gasteiger partial charge in [-0.15, -0.1) is 0 Å². The molecule has 0 spiro atoms. The second-order valence-corrected chi connectivity index (χ2v) is 3.66. The Balaban J connectivity index is 2.75. The molecule has 0 aliphatic rings. The largest absolute Gasteiger partial charge is 0.382 e. The van der Waals surface area contributed by atoms with Crippen LogP contribution in [-0.4, -0.2) is 28.4 Å². The third-order valence-electron chi connectivity index (χ3n) is 2.34. The van der Waals surface area contributed by atoms with Crippen LogP contribution in [0.5, 0.6) is 0 Å². The number of alkyl halides is 1. The van der Waals surface area contributed by atoms with Crippen LogP contribution >= 0.6 is 0 Å². The quantitative estimate of drug-likeness (QED) is 0.788. The van der Waals surface area contributed by atoms with E-state index in [4.69, 9.17) is 5.73 Å². The molecule has 1 aromatic heterocycles. The predicted octanol–water partition coefficient (Wildman–Crippen LogP) is 0.963. The van der Waals surface area contributed by atoms with E-state index >= 15 is 0 Å². The number of amides is 1. The summed E-state index contributed by atoms with van der Waals surface area (Å²) in [4.78, 5) is 11.7. The van der Waals surface area contributed by atoms with Gasteiger partial charge in [-0.3, -0.25) is 9.48 Å². The van der Waals surface area contributed by atoms with Crippen LogP contribution in [-0.2, 0) is 6.54 Å². The number of nitrogens with two attached hydrogens (primary N) is 1. The lowest BCUT2D eigenvalue weighted by Crippen LogP contribution is -2.32. The van der Waals surface area contributed by atoms with Crippen LogP contribution in [0.2, 0.25) is 0 Å². The predicted molar refractivity (Wildman–Crippen MR) is 59.8 cm³/mol. The highest BCUT2D eigenvalue weighted by Gasteiger charge is 2.15. The highest BCUT2D eigenvalue weighted by Crippen LogP contribution is 2.09. The summed E-state index contributed by atoms with van der Waals surface area (Å²) in [5, 5.41) is 6.62. The van der Waals surface area contributed by atoms with Crippen molar-refractivity contribution < 1.29 is 9.18 Å². The van der Waals surface area contributed by atoms with Crippen LogP contribution in [0.3, 0.4) is 0 Å². The van der Waals surface area contributed by atoms with Crippen LogP contribution in [0.1, 0.15) is 30.6 Å². The second kappa shape index (κ2) is 5.48. The molecule has 16 heavy (non-hydrogen) atoms. The number of hydrogen-bond donors (Lipinski definition) is 2. The standard InChI is InChI=1S/C10H17FN4O/c1-3-7(2)13-10(16)8-6-15(5-4-11)14-9(8)12/h6-7H,3-5H2,1-2H3,(H2,12,14)(H,13,16). The molecule has 6 heteroatoms. The van der Waals surface area contributed by atoms with Crippen molar-refractivity contribution in [3.63, 3.8) is 0 Å². The molecular weight excluding hydrogens is 211 g/mol. The lowest BCUT2D eigenvalue weighted by molar-refractivity contribution is 0.0940. The van der Waals surface area contributed by atoms with Gasteiger partial charge < -0.3 is 11.1 Å². The summed E-state index contributed by atoms with van der Waals surface area (Å²) >= 11 is 0. The molecule has 5 nitrogen and oxygen atoms in total. The number of hydrogen-bond acceptors (Lipinski definition) is 3. The number of nitrogen functional groups attached to an aromatic ring is 1. The maximum absolute atomic E-state index is 12.1. The van der Waals surface area contributed by atoms with Gasteiger partial charge in [0, 0.05) is 12.2 Å². The van der Waals surface area contributed by atoms with Crippen molar-refractivity contribution in [2.75, 3.05) is 12.4 Å². The normalized spacial score (nSPS) is 12.4. The molecule has 1 atom stereocenters. The number of nitrogens with one attached hydrogen (secondary N) is 1. The zero-order valence-corrected chi connectivity index (χ0v) is 9.53. The second-order valence-electron chi connectivity index (χ2n) is 3.66. The van der Waals surface area contributed by atoms with E-state index in [1.54, 1.807) is 0 Å². The first-order chi connectivity index (χ1) is 7.58. The molecule has 1 unspecified atom stereocenters. The molecule has 0 aliphatic carbocycles. The summed E-state index contributed by atoms with van der Waals surface area (Å²) in [5.41, 5.74) is 5.87. The molecule has 0 saturated carbocycles. The molecule has 1 heterocycles. The maximum Gasteiger partial charge on any atom is 0.256 e. The molecule has 0 bridgehead atoms. The van der Waals surface area contributed by atoms with Gasteiger partial charge in [0.25, 0.3) is 5.91 Å². The van der Waals surface area contributed by atoms with Gasteiger partial charge in [-0.05, 0) is 13.3 Å². The Hall–Kier alpha value is -1.59. The van der Waals surface area contributed by atoms with Gasteiger partial charge in [-0.25, -0.2) is 4.39 Å². The fraction of sp³-hybridized carbons (Fsp3) is 0.600. The lowest BCUT2D eigenvalue weighted by Gasteiger charge is -2.10. The molecule has 1 rings (SSSR count). The van der Waals surface area contributed by atoms with Crippen LogP contribution < -0.4 is 11.1 Å². The summed E-state index contributed by atoms with van der Waals surface area (Å²) in [5.74, 6) is -0.133. The van der Waals surface area contributed by atoms with Crippen molar-refractivity contribution in [3.05, 3.63) is 11.8 Å². The molecular formula is C10H17FN4O. The first kappa shape index (κ1) is 12.5. The molecule has 90 valence electrons. The Morgan fingerprint density at radius 3 is 3.00 bits per heavy atom. The van der Waals surface area contributed by atoms with E-state index in [2.05, 4.69) is 10.4 Å². The number of aryl methyl sites for hydroxylation is 1. The van der Waals surface area contributed by atoms with Gasteiger partial charge >= 0.3 is 0 Å². The number of anilines is 1. The molecule has 0 radical (unpaired) electrons. The first-order valence-electron chi connectivity index (χ1n) is 5.28. The molecule has 1 amide bonds. The van der Waals surface area contributed by atoms with Gasteiger partial charge in [0.05, 0.1) is 6.54 Å². The maximum atomic E-state index is 12.1. The zero-order chi connectivity index (χ0) is 12.1. The van der Waals surface area contributed by atoms with Gasteiger partial charge in [-0.2, -0.15) is 5.10 Å². The summed E-state index contributed by atoms with van der Waals surface area (Å²) in [6.45, 7) is 3.45. The van der Waals surface area contributed by atoms with Crippen LogP contribution in [0, 0.1) is 0 Å². The average molecular weight is 228 g/mol. The van der Waals surface area contributed by atoms with E-state index in [0.717, 1.165) is 6.42 Å². The van der Waals surface area contributed by atoms with Crippen LogP contribution in [0.15, 0.2) is 6.20 Å². The Bertz CT molecular complexity index is 364. The van der Waals surface area contributed by atoms with E-state index in [1.807, 2.05) is 13.8 Å². The highest BCUT2D eigenvalue weighted by atomic mass is 19.1. The SMILES string of the molecule is CCC(C)NC(=O)c1cn(CCF)nc1N. The van der Waals surface area contributed by atoms with Crippen molar-refractivity contribution in [2.45, 2.75) is 32.9 Å². The van der Waals surface area contributed by atoms with Crippen LogP contribution in [0.25, 0.3) is 0 Å². The van der Waals surface area contributed by atoms with Crippen molar-refractivity contribution in [2.24, 2.45) is 0 Å². The highest BCUT2D eigenvalue weighted by molar-refractivity contribution is 5.98. The molecule has 1 aromatic rings. The van der Waals surface area contributed by atoms with E-state index in [1.165, 1.54) is 10.9 Å². The van der Waals surface area contributed by atoms with Gasteiger partial charge in [0.2, 0.25) is 0 Å². The van der Waals surface area contributed by atoms with Gasteiger partial charge in [0.15, 0.2) is 5.82 Å². The minimum absolute atomic E-state index is 0.0800.